The molecule has 0 unspecified atom stereocenters. The van der Waals surface area contributed by atoms with E-state index in [0.717, 1.165) is 38.6 Å². The summed E-state index contributed by atoms with van der Waals surface area (Å²) in [6.45, 7) is 14.8. The van der Waals surface area contributed by atoms with Crippen molar-refractivity contribution < 1.29 is 9.53 Å². The number of hydrogen-bond acceptors (Lipinski definition) is 4. The number of rotatable bonds is 16. The number of carbonyl (C=O) groups is 1. The number of unbranched alkanes of at least 4 members (excludes halogenated alkanes) is 10. The van der Waals surface area contributed by atoms with Gasteiger partial charge in [0.25, 0.3) is 0 Å². The molecule has 0 amide bonds. The largest absolute Gasteiger partial charge is 0.464 e. The van der Waals surface area contributed by atoms with Crippen molar-refractivity contribution in [2.45, 2.75) is 148 Å². The van der Waals surface area contributed by atoms with Gasteiger partial charge in [0, 0.05) is 11.1 Å². The zero-order valence-corrected chi connectivity index (χ0v) is 21.1. The molecule has 2 N–H and O–H groups in total. The minimum Gasteiger partial charge on any atom is -0.464 e. The summed E-state index contributed by atoms with van der Waals surface area (Å²) in [6.07, 6.45) is 16.4. The molecule has 0 atom stereocenters. The maximum Gasteiger partial charge on any atom is 0.326 e. The quantitative estimate of drug-likeness (QED) is 0.219. The first kappa shape index (κ1) is 27.4. The first-order valence-corrected chi connectivity index (χ1v) is 12.9. The molecule has 4 heteroatoms. The van der Waals surface area contributed by atoms with Crippen molar-refractivity contribution in [1.82, 2.24) is 10.6 Å². The van der Waals surface area contributed by atoms with Crippen LogP contribution in [-0.4, -0.2) is 35.7 Å². The maximum atomic E-state index is 13.3. The third-order valence-electron chi connectivity index (χ3n) is 6.28. The van der Waals surface area contributed by atoms with Gasteiger partial charge >= 0.3 is 5.97 Å². The van der Waals surface area contributed by atoms with E-state index < -0.39 is 5.54 Å². The van der Waals surface area contributed by atoms with E-state index in [1.165, 1.54) is 57.8 Å². The fourth-order valence-electron chi connectivity index (χ4n) is 5.34. The molecular weight excluding hydrogens is 372 g/mol. The summed E-state index contributed by atoms with van der Waals surface area (Å²) in [5.74, 6) is -0.0373. The second-order valence-corrected chi connectivity index (χ2v) is 10.9. The van der Waals surface area contributed by atoms with Crippen LogP contribution in [0.4, 0.5) is 0 Å². The van der Waals surface area contributed by atoms with E-state index in [4.69, 9.17) is 4.74 Å². The fourth-order valence-corrected chi connectivity index (χ4v) is 5.34. The van der Waals surface area contributed by atoms with Crippen molar-refractivity contribution in [2.24, 2.45) is 0 Å². The van der Waals surface area contributed by atoms with Crippen molar-refractivity contribution in [3.63, 3.8) is 0 Å². The van der Waals surface area contributed by atoms with Gasteiger partial charge in [-0.05, 0) is 59.9 Å². The van der Waals surface area contributed by atoms with Crippen molar-refractivity contribution in [3.8, 4) is 0 Å². The molecule has 4 nitrogen and oxygen atoms in total. The molecule has 1 fully saturated rings. The minimum atomic E-state index is -0.579. The van der Waals surface area contributed by atoms with Crippen molar-refractivity contribution >= 4 is 5.97 Å². The van der Waals surface area contributed by atoms with Crippen molar-refractivity contribution in [1.29, 1.82) is 0 Å². The average molecular weight is 425 g/mol. The Bertz CT molecular complexity index is 458. The van der Waals surface area contributed by atoms with Crippen LogP contribution in [0.5, 0.6) is 0 Å². The molecule has 0 spiro atoms. The predicted octanol–water partition coefficient (Wildman–Crippen LogP) is 6.52. The van der Waals surface area contributed by atoms with Crippen LogP contribution in [0.1, 0.15) is 131 Å². The Hall–Kier alpha value is -0.610. The fraction of sp³-hybridized carbons (Fsp3) is 0.962. The minimum absolute atomic E-state index is 0.0373. The molecular formula is C26H52N2O2. The monoisotopic (exact) mass is 424 g/mol. The topological polar surface area (TPSA) is 50.4 Å². The Kier molecular flexibility index (Phi) is 12.5. The summed E-state index contributed by atoms with van der Waals surface area (Å²) in [5.41, 5.74) is -0.784. The van der Waals surface area contributed by atoms with Gasteiger partial charge in [0.15, 0.2) is 0 Å². The van der Waals surface area contributed by atoms with Gasteiger partial charge in [-0.3, -0.25) is 4.79 Å². The van der Waals surface area contributed by atoms with E-state index in [0.29, 0.717) is 6.61 Å². The number of esters is 1. The van der Waals surface area contributed by atoms with Crippen LogP contribution in [0, 0.1) is 0 Å². The molecule has 1 rings (SSSR count). The summed E-state index contributed by atoms with van der Waals surface area (Å²) in [5, 5.41) is 7.41. The molecule has 0 bridgehead atoms. The molecule has 0 saturated carbocycles. The molecule has 178 valence electrons. The number of ether oxygens (including phenoxy) is 1. The highest BCUT2D eigenvalue weighted by molar-refractivity contribution is 5.81. The molecule has 1 aliphatic rings. The lowest BCUT2D eigenvalue weighted by atomic mass is 9.70. The number of hydrogen-bond donors (Lipinski definition) is 2. The van der Waals surface area contributed by atoms with E-state index in [1.54, 1.807) is 0 Å². The predicted molar refractivity (Wildman–Crippen MR) is 129 cm³/mol. The molecule has 0 radical (unpaired) electrons. The summed E-state index contributed by atoms with van der Waals surface area (Å²) in [4.78, 5) is 13.3. The van der Waals surface area contributed by atoms with E-state index in [9.17, 15) is 4.79 Å². The van der Waals surface area contributed by atoms with Crippen LogP contribution >= 0.6 is 0 Å². The van der Waals surface area contributed by atoms with Gasteiger partial charge in [-0.15, -0.1) is 0 Å². The summed E-state index contributed by atoms with van der Waals surface area (Å²) in [6, 6.07) is 0. The van der Waals surface area contributed by atoms with Crippen molar-refractivity contribution in [3.05, 3.63) is 0 Å². The molecule has 0 aromatic carbocycles. The molecule has 1 heterocycles. The van der Waals surface area contributed by atoms with E-state index in [2.05, 4.69) is 52.2 Å². The SMILES string of the molecule is CCCCCCCCNC1(C(=O)OCCCCCCCC)CC(C)(C)NC(C)(C)C1. The Morgan fingerprint density at radius 1 is 0.767 bits per heavy atom. The van der Waals surface area contributed by atoms with Crippen LogP contribution in [0.15, 0.2) is 0 Å². The number of piperidine rings is 1. The molecule has 30 heavy (non-hydrogen) atoms. The first-order valence-electron chi connectivity index (χ1n) is 12.9. The van der Waals surface area contributed by atoms with Crippen LogP contribution in [0.2, 0.25) is 0 Å². The Labute approximate surface area is 187 Å². The van der Waals surface area contributed by atoms with Gasteiger partial charge < -0.3 is 15.4 Å². The van der Waals surface area contributed by atoms with E-state index in [1.807, 2.05) is 0 Å². The van der Waals surface area contributed by atoms with E-state index in [-0.39, 0.29) is 17.0 Å². The van der Waals surface area contributed by atoms with Gasteiger partial charge in [0.05, 0.1) is 6.61 Å². The smallest absolute Gasteiger partial charge is 0.326 e. The highest BCUT2D eigenvalue weighted by Crippen LogP contribution is 2.37. The normalized spacial score (nSPS) is 19.5. The summed E-state index contributed by atoms with van der Waals surface area (Å²) in [7, 11) is 0. The second kappa shape index (κ2) is 13.7. The summed E-state index contributed by atoms with van der Waals surface area (Å²) < 4.78 is 5.86. The van der Waals surface area contributed by atoms with Crippen LogP contribution in [-0.2, 0) is 9.53 Å². The molecule has 0 aromatic rings. The Morgan fingerprint density at radius 3 is 1.77 bits per heavy atom. The number of nitrogens with one attached hydrogen (secondary N) is 2. The third-order valence-corrected chi connectivity index (χ3v) is 6.28. The second-order valence-electron chi connectivity index (χ2n) is 10.9. The standard InChI is InChI=1S/C26H52N2O2/c1-7-9-11-13-15-17-19-27-26(21-24(3,4)28-25(5,6)22-26)23(29)30-20-18-16-14-12-10-8-2/h27-28H,7-22H2,1-6H3. The molecule has 0 aromatic heterocycles. The third kappa shape index (κ3) is 10.6. The maximum absolute atomic E-state index is 13.3. The van der Waals surface area contributed by atoms with Crippen LogP contribution in [0.25, 0.3) is 0 Å². The highest BCUT2D eigenvalue weighted by atomic mass is 16.5. The summed E-state index contributed by atoms with van der Waals surface area (Å²) >= 11 is 0. The number of carbonyl (C=O) groups excluding carboxylic acids is 1. The van der Waals surface area contributed by atoms with Gasteiger partial charge in [-0.1, -0.05) is 78.1 Å². The van der Waals surface area contributed by atoms with Crippen molar-refractivity contribution in [2.75, 3.05) is 13.2 Å². The molecule has 1 saturated heterocycles. The van der Waals surface area contributed by atoms with Gasteiger partial charge in [0.2, 0.25) is 0 Å². The zero-order valence-electron chi connectivity index (χ0n) is 21.1. The van der Waals surface area contributed by atoms with E-state index >= 15 is 0 Å². The lowest BCUT2D eigenvalue weighted by molar-refractivity contribution is -0.156. The van der Waals surface area contributed by atoms with Crippen LogP contribution in [0.3, 0.4) is 0 Å². The Morgan fingerprint density at radius 2 is 1.23 bits per heavy atom. The molecule has 1 aliphatic heterocycles. The first-order chi connectivity index (χ1) is 14.2. The highest BCUT2D eigenvalue weighted by Gasteiger charge is 2.52. The molecule has 0 aliphatic carbocycles. The van der Waals surface area contributed by atoms with Gasteiger partial charge in [-0.2, -0.15) is 0 Å². The Balaban J connectivity index is 2.60. The zero-order chi connectivity index (χ0) is 22.5. The lowest BCUT2D eigenvalue weighted by Crippen LogP contribution is -2.70. The van der Waals surface area contributed by atoms with Gasteiger partial charge in [0.1, 0.15) is 5.54 Å². The van der Waals surface area contributed by atoms with Crippen LogP contribution < -0.4 is 10.6 Å². The average Bonchev–Trinajstić information content (AvgIpc) is 2.64. The lowest BCUT2D eigenvalue weighted by Gasteiger charge is -2.52. The van der Waals surface area contributed by atoms with Gasteiger partial charge in [-0.25, -0.2) is 0 Å².